The van der Waals surface area contributed by atoms with Gasteiger partial charge in [-0.2, -0.15) is 5.10 Å². The summed E-state index contributed by atoms with van der Waals surface area (Å²) in [7, 11) is 3.42. The number of ether oxygens (including phenoxy) is 3. The van der Waals surface area contributed by atoms with Crippen molar-refractivity contribution in [3.8, 4) is 5.75 Å². The van der Waals surface area contributed by atoms with E-state index < -0.39 is 0 Å². The Hall–Kier alpha value is -5.60. The second-order valence-corrected chi connectivity index (χ2v) is 16.2. The van der Waals surface area contributed by atoms with Crippen LogP contribution in [-0.4, -0.2) is 77.0 Å². The van der Waals surface area contributed by atoms with Gasteiger partial charge in [-0.15, -0.1) is 11.3 Å². The molecule has 3 aliphatic rings. The third-order valence-electron chi connectivity index (χ3n) is 9.88. The number of H-pyrrole nitrogens is 1. The highest BCUT2D eigenvalue weighted by Crippen LogP contribution is 2.45. The molecule has 1 fully saturated rings. The number of aldehydes is 1. The number of allylic oxidation sites excluding steroid dienone is 3. The Bertz CT molecular complexity index is 2190. The summed E-state index contributed by atoms with van der Waals surface area (Å²) < 4.78 is 29.2. The first-order valence-electron chi connectivity index (χ1n) is 20.0. The van der Waals surface area contributed by atoms with Crippen molar-refractivity contribution in [3.63, 3.8) is 0 Å². The number of aromatic amines is 1. The number of amides is 1. The number of nitrogens with two attached hydrogens (primary N) is 1. The standard InChI is InChI=1S/C23H19FN6OS.C10H12O.C9H17NO2.C3H8O/c24-16-4-1-13(2-5-16)3-6-17-20(23-28-12-29-30-23)19(15(11-31)10-27-17)18-9-14-7-8-26-22(25)21(14)32-18;1-11-10-7-3-5-8-4-2-6-9(8)10;1-9(2,3)12-8(11)10-6-4-5-7-10;1-3-4-2/h1-2,4-5,7-12,19,27H,3,6H2,(H2,25,26)(H,28,29,30);3,5,7H,2,4,6H2,1H3;4-7H2,1-3H3;3H2,1-2H3. The summed E-state index contributed by atoms with van der Waals surface area (Å²) in [4.78, 5) is 34.7. The highest BCUT2D eigenvalue weighted by atomic mass is 32.1. The molecule has 8 rings (SSSR count). The molecule has 2 aliphatic heterocycles. The second-order valence-electron chi connectivity index (χ2n) is 15.2. The predicted octanol–water partition coefficient (Wildman–Crippen LogP) is 8.80. The topological polar surface area (TPSA) is 158 Å². The first-order valence-corrected chi connectivity index (χ1v) is 20.8. The molecular formula is C45H56FN7O5S. The van der Waals surface area contributed by atoms with Crippen LogP contribution in [0.25, 0.3) is 15.7 Å². The minimum Gasteiger partial charge on any atom is -0.496 e. The summed E-state index contributed by atoms with van der Waals surface area (Å²) in [5, 5.41) is 11.2. The number of carbonyl (C=O) groups excluding carboxylic acids is 2. The van der Waals surface area contributed by atoms with Crippen molar-refractivity contribution < 1.29 is 28.2 Å². The monoisotopic (exact) mass is 825 g/mol. The highest BCUT2D eigenvalue weighted by molar-refractivity contribution is 7.19. The molecule has 0 spiro atoms. The number of aryl methyl sites for hydroxylation is 2. The summed E-state index contributed by atoms with van der Waals surface area (Å²) in [5.74, 6) is 1.53. The van der Waals surface area contributed by atoms with Crippen molar-refractivity contribution in [2.24, 2.45) is 0 Å². The highest BCUT2D eigenvalue weighted by Gasteiger charge is 2.32. The molecule has 14 heteroatoms. The van der Waals surface area contributed by atoms with E-state index in [2.05, 4.69) is 42.4 Å². The number of anilines is 1. The third kappa shape index (κ3) is 12.2. The lowest BCUT2D eigenvalue weighted by atomic mass is 9.85. The molecule has 0 saturated carbocycles. The summed E-state index contributed by atoms with van der Waals surface area (Å²) in [6.45, 7) is 10.2. The molecule has 0 bridgehead atoms. The molecule has 5 aromatic rings. The van der Waals surface area contributed by atoms with E-state index in [-0.39, 0.29) is 23.4 Å². The van der Waals surface area contributed by atoms with E-state index >= 15 is 0 Å². The number of aromatic nitrogens is 4. The zero-order valence-electron chi connectivity index (χ0n) is 34.8. The van der Waals surface area contributed by atoms with Gasteiger partial charge in [-0.25, -0.2) is 19.2 Å². The second kappa shape index (κ2) is 21.4. The quantitative estimate of drug-likeness (QED) is 0.129. The maximum Gasteiger partial charge on any atom is 0.410 e. The van der Waals surface area contributed by atoms with Crippen molar-refractivity contribution in [2.45, 2.75) is 84.2 Å². The van der Waals surface area contributed by atoms with Gasteiger partial charge < -0.3 is 30.2 Å². The van der Waals surface area contributed by atoms with Crippen molar-refractivity contribution in [1.82, 2.24) is 30.4 Å². The number of nitrogen functional groups attached to an aromatic ring is 1. The lowest BCUT2D eigenvalue weighted by Gasteiger charge is -2.27. The number of hydrogen-bond donors (Lipinski definition) is 3. The maximum absolute atomic E-state index is 13.3. The van der Waals surface area contributed by atoms with Crippen LogP contribution in [0.15, 0.2) is 84.6 Å². The predicted molar refractivity (Wildman–Crippen MR) is 232 cm³/mol. The van der Waals surface area contributed by atoms with E-state index in [1.165, 1.54) is 60.2 Å². The van der Waals surface area contributed by atoms with Crippen molar-refractivity contribution in [3.05, 3.63) is 118 Å². The number of benzene rings is 2. The molecule has 314 valence electrons. The van der Waals surface area contributed by atoms with Crippen LogP contribution in [0.4, 0.5) is 15.0 Å². The number of hydrogen-bond acceptors (Lipinski definition) is 11. The average Bonchev–Trinajstić information content (AvgIpc) is 4.08. The number of rotatable bonds is 8. The van der Waals surface area contributed by atoms with E-state index in [0.717, 1.165) is 76.4 Å². The number of pyridine rings is 1. The number of dihydropyridines is 1. The molecule has 1 amide bonds. The Morgan fingerprint density at radius 2 is 1.78 bits per heavy atom. The lowest BCUT2D eigenvalue weighted by molar-refractivity contribution is -0.105. The van der Waals surface area contributed by atoms with Crippen molar-refractivity contribution in [2.75, 3.05) is 39.6 Å². The Morgan fingerprint density at radius 1 is 1.03 bits per heavy atom. The van der Waals surface area contributed by atoms with Crippen molar-refractivity contribution in [1.29, 1.82) is 0 Å². The van der Waals surface area contributed by atoms with Gasteiger partial charge in [0.05, 0.1) is 17.7 Å². The third-order valence-corrected chi connectivity index (χ3v) is 11.1. The Morgan fingerprint density at radius 3 is 2.41 bits per heavy atom. The van der Waals surface area contributed by atoms with Gasteiger partial charge in [0.25, 0.3) is 0 Å². The number of carbonyl (C=O) groups is 2. The molecule has 12 nitrogen and oxygen atoms in total. The van der Waals surface area contributed by atoms with Crippen LogP contribution in [0.2, 0.25) is 0 Å². The number of likely N-dealkylation sites (tertiary alicyclic amines) is 1. The number of nitrogens with one attached hydrogen (secondary N) is 2. The first-order chi connectivity index (χ1) is 28.5. The van der Waals surface area contributed by atoms with Gasteiger partial charge >= 0.3 is 6.09 Å². The van der Waals surface area contributed by atoms with Gasteiger partial charge in [0, 0.05) is 60.9 Å². The van der Waals surface area contributed by atoms with E-state index in [4.69, 9.17) is 15.2 Å². The fourth-order valence-corrected chi connectivity index (χ4v) is 8.17. The Labute approximate surface area is 350 Å². The van der Waals surface area contributed by atoms with Crippen LogP contribution in [0.3, 0.4) is 0 Å². The van der Waals surface area contributed by atoms with Gasteiger partial charge in [0.2, 0.25) is 0 Å². The molecule has 1 saturated heterocycles. The zero-order valence-corrected chi connectivity index (χ0v) is 35.7. The normalized spacial score (nSPS) is 15.7. The maximum atomic E-state index is 13.3. The molecule has 1 aliphatic carbocycles. The minimum absolute atomic E-state index is 0.167. The van der Waals surface area contributed by atoms with E-state index in [9.17, 15) is 14.0 Å². The van der Waals surface area contributed by atoms with Gasteiger partial charge in [-0.1, -0.05) is 24.3 Å². The summed E-state index contributed by atoms with van der Waals surface area (Å²) in [5.41, 5.74) is 12.0. The fourth-order valence-electron chi connectivity index (χ4n) is 6.97. The van der Waals surface area contributed by atoms with E-state index in [1.807, 2.05) is 45.9 Å². The van der Waals surface area contributed by atoms with Gasteiger partial charge in [0.15, 0.2) is 5.82 Å². The molecule has 1 unspecified atom stereocenters. The first kappa shape index (κ1) is 44.5. The number of nitrogens with zero attached hydrogens (tertiary/aromatic N) is 4. The minimum atomic E-state index is -0.361. The van der Waals surface area contributed by atoms with Gasteiger partial charge in [0.1, 0.15) is 35.6 Å². The number of fused-ring (bicyclic) bond motifs is 2. The molecule has 5 heterocycles. The van der Waals surface area contributed by atoms with Crippen LogP contribution in [0.1, 0.15) is 86.7 Å². The molecule has 59 heavy (non-hydrogen) atoms. The SMILES string of the molecule is CC(C)(C)OC(=O)N1CCCC1.CCOC.COc1cccc2c1CCC2.Nc1nccc2cc(C3C(C=O)=CNC(CCc4ccc(F)cc4)=C3c3ncn[nH]3)sc12. The summed E-state index contributed by atoms with van der Waals surface area (Å²) >= 11 is 1.52. The van der Waals surface area contributed by atoms with Crippen LogP contribution in [-0.2, 0) is 33.5 Å². The fraction of sp³-hybridized carbons (Fsp3) is 0.400. The molecule has 3 aromatic heterocycles. The Kier molecular flexibility index (Phi) is 16.2. The molecular weight excluding hydrogens is 770 g/mol. The van der Waals surface area contributed by atoms with Crippen LogP contribution in [0.5, 0.6) is 5.75 Å². The van der Waals surface area contributed by atoms with Crippen LogP contribution >= 0.6 is 11.3 Å². The smallest absolute Gasteiger partial charge is 0.410 e. The number of halogens is 1. The van der Waals surface area contributed by atoms with Gasteiger partial charge in [-0.05, 0) is 125 Å². The van der Waals surface area contributed by atoms with Crippen LogP contribution < -0.4 is 15.8 Å². The zero-order chi connectivity index (χ0) is 42.4. The molecule has 0 radical (unpaired) electrons. The van der Waals surface area contributed by atoms with Crippen LogP contribution in [0, 0.1) is 5.82 Å². The average molecular weight is 826 g/mol. The van der Waals surface area contributed by atoms with Gasteiger partial charge in [-0.3, -0.25) is 9.89 Å². The Balaban J connectivity index is 0.000000199. The van der Waals surface area contributed by atoms with E-state index in [1.54, 1.807) is 43.6 Å². The molecule has 2 aromatic carbocycles. The summed E-state index contributed by atoms with van der Waals surface area (Å²) in [6, 6.07) is 16.7. The summed E-state index contributed by atoms with van der Waals surface area (Å²) in [6.07, 6.45) is 12.8. The van der Waals surface area contributed by atoms with E-state index in [0.29, 0.717) is 30.1 Å². The van der Waals surface area contributed by atoms with Crippen molar-refractivity contribution >= 4 is 45.2 Å². The lowest BCUT2D eigenvalue weighted by Crippen LogP contribution is -2.34. The number of thiophene rings is 1. The molecule has 4 N–H and O–H groups in total. The largest absolute Gasteiger partial charge is 0.496 e. The molecule has 1 atom stereocenters. The number of methoxy groups -OCH3 is 2.